The first kappa shape index (κ1) is 14.5. The molecule has 0 radical (unpaired) electrons. The molecular weight excluding hydrogens is 330 g/mol. The largest absolute Gasteiger partial charge is 0.388 e. The van der Waals surface area contributed by atoms with Crippen molar-refractivity contribution in [3.8, 4) is 0 Å². The van der Waals surface area contributed by atoms with Crippen LogP contribution in [0.2, 0.25) is 0 Å². The van der Waals surface area contributed by atoms with Crippen LogP contribution in [0.4, 0.5) is 20.2 Å². The molecule has 0 saturated heterocycles. The number of anilines is 2. The second-order valence-electron chi connectivity index (χ2n) is 4.03. The van der Waals surface area contributed by atoms with Crippen molar-refractivity contribution in [1.82, 2.24) is 0 Å². The van der Waals surface area contributed by atoms with Crippen LogP contribution < -0.4 is 10.6 Å². The fourth-order valence-corrected chi connectivity index (χ4v) is 1.94. The van der Waals surface area contributed by atoms with Gasteiger partial charge in [0.25, 0.3) is 5.91 Å². The third-order valence-electron chi connectivity index (χ3n) is 2.69. The van der Waals surface area contributed by atoms with Crippen molar-refractivity contribution >= 4 is 33.2 Å². The lowest BCUT2D eigenvalue weighted by molar-refractivity contribution is 0.102. The Balaban J connectivity index is 2.20. The minimum Gasteiger partial charge on any atom is -0.388 e. The summed E-state index contributed by atoms with van der Waals surface area (Å²) in [6.07, 6.45) is 0. The summed E-state index contributed by atoms with van der Waals surface area (Å²) in [5.41, 5.74) is 1.15. The predicted molar refractivity (Wildman–Crippen MR) is 78.0 cm³/mol. The Morgan fingerprint density at radius 1 is 1.10 bits per heavy atom. The van der Waals surface area contributed by atoms with Gasteiger partial charge < -0.3 is 10.6 Å². The average molecular weight is 341 g/mol. The zero-order valence-electron chi connectivity index (χ0n) is 10.5. The van der Waals surface area contributed by atoms with Crippen molar-refractivity contribution in [3.05, 3.63) is 58.1 Å². The molecule has 104 valence electrons. The monoisotopic (exact) mass is 340 g/mol. The van der Waals surface area contributed by atoms with Gasteiger partial charge in [-0.25, -0.2) is 8.78 Å². The van der Waals surface area contributed by atoms with E-state index in [1.807, 2.05) is 0 Å². The Morgan fingerprint density at radius 3 is 2.35 bits per heavy atom. The summed E-state index contributed by atoms with van der Waals surface area (Å²) in [5, 5.41) is 5.33. The van der Waals surface area contributed by atoms with Crippen LogP contribution in [-0.2, 0) is 0 Å². The molecule has 6 heteroatoms. The molecule has 3 nitrogen and oxygen atoms in total. The van der Waals surface area contributed by atoms with Crippen LogP contribution in [0.1, 0.15) is 10.4 Å². The lowest BCUT2D eigenvalue weighted by atomic mass is 10.2. The number of hydrogen-bond donors (Lipinski definition) is 2. The summed E-state index contributed by atoms with van der Waals surface area (Å²) in [6.45, 7) is 0. The molecule has 0 atom stereocenters. The molecule has 0 unspecified atom stereocenters. The average Bonchev–Trinajstić information content (AvgIpc) is 2.44. The molecule has 2 rings (SSSR count). The topological polar surface area (TPSA) is 41.1 Å². The lowest BCUT2D eigenvalue weighted by Crippen LogP contribution is -2.13. The van der Waals surface area contributed by atoms with Crippen LogP contribution in [0, 0.1) is 11.6 Å². The van der Waals surface area contributed by atoms with E-state index in [1.54, 1.807) is 31.3 Å². The summed E-state index contributed by atoms with van der Waals surface area (Å²) in [6, 6.07) is 8.57. The first-order valence-corrected chi connectivity index (χ1v) is 6.54. The van der Waals surface area contributed by atoms with Crippen molar-refractivity contribution in [2.45, 2.75) is 0 Å². The first-order chi connectivity index (χ1) is 9.51. The molecule has 0 fully saturated rings. The smallest absolute Gasteiger partial charge is 0.255 e. The minimum absolute atomic E-state index is 0.0824. The van der Waals surface area contributed by atoms with E-state index in [0.29, 0.717) is 11.6 Å². The second-order valence-corrected chi connectivity index (χ2v) is 4.88. The number of amides is 1. The Labute approximate surface area is 123 Å². The Morgan fingerprint density at radius 2 is 1.75 bits per heavy atom. The number of halogens is 3. The molecular formula is C14H11BrF2N2O. The Bertz CT molecular complexity index is 644. The molecule has 0 aliphatic heterocycles. The van der Waals surface area contributed by atoms with Crippen LogP contribution in [-0.4, -0.2) is 13.0 Å². The van der Waals surface area contributed by atoms with Gasteiger partial charge in [-0.05, 0) is 46.3 Å². The fraction of sp³-hybridized carbons (Fsp3) is 0.0714. The highest BCUT2D eigenvalue weighted by Crippen LogP contribution is 2.24. The number of carbonyl (C=O) groups is 1. The van der Waals surface area contributed by atoms with Crippen molar-refractivity contribution in [2.24, 2.45) is 0 Å². The van der Waals surface area contributed by atoms with Gasteiger partial charge in [-0.2, -0.15) is 0 Å². The number of rotatable bonds is 3. The quantitative estimate of drug-likeness (QED) is 0.828. The van der Waals surface area contributed by atoms with E-state index in [0.717, 1.165) is 5.69 Å². The molecule has 0 aromatic heterocycles. The lowest BCUT2D eigenvalue weighted by Gasteiger charge is -2.08. The van der Waals surface area contributed by atoms with Gasteiger partial charge in [0.05, 0.1) is 10.2 Å². The summed E-state index contributed by atoms with van der Waals surface area (Å²) >= 11 is 2.94. The third-order valence-corrected chi connectivity index (χ3v) is 3.30. The van der Waals surface area contributed by atoms with Crippen molar-refractivity contribution < 1.29 is 13.6 Å². The van der Waals surface area contributed by atoms with Gasteiger partial charge in [0, 0.05) is 24.4 Å². The van der Waals surface area contributed by atoms with Gasteiger partial charge in [-0.1, -0.05) is 0 Å². The van der Waals surface area contributed by atoms with Crippen LogP contribution in [0.3, 0.4) is 0 Å². The number of carbonyl (C=O) groups excluding carboxylic acids is 1. The summed E-state index contributed by atoms with van der Waals surface area (Å²) in [4.78, 5) is 12.0. The zero-order valence-corrected chi connectivity index (χ0v) is 12.1. The highest BCUT2D eigenvalue weighted by Gasteiger charge is 2.12. The second kappa shape index (κ2) is 6.00. The van der Waals surface area contributed by atoms with Crippen LogP contribution >= 0.6 is 15.9 Å². The minimum atomic E-state index is -0.828. The van der Waals surface area contributed by atoms with E-state index in [1.165, 1.54) is 6.07 Å². The zero-order chi connectivity index (χ0) is 14.7. The van der Waals surface area contributed by atoms with E-state index in [4.69, 9.17) is 0 Å². The molecule has 0 aliphatic carbocycles. The van der Waals surface area contributed by atoms with E-state index >= 15 is 0 Å². The molecule has 2 N–H and O–H groups in total. The molecule has 0 aliphatic rings. The van der Waals surface area contributed by atoms with Crippen LogP contribution in [0.15, 0.2) is 40.9 Å². The molecule has 0 spiro atoms. The van der Waals surface area contributed by atoms with E-state index in [9.17, 15) is 13.6 Å². The molecule has 2 aromatic carbocycles. The fourth-order valence-electron chi connectivity index (χ4n) is 1.60. The Kier molecular flexibility index (Phi) is 4.34. The standard InChI is InChI=1S/C14H11BrF2N2O/c1-18-9-4-2-8(3-5-9)14(20)19-13-6-10(15)11(16)7-12(13)17/h2-7,18H,1H3,(H,19,20). The van der Waals surface area contributed by atoms with Crippen LogP contribution in [0.5, 0.6) is 0 Å². The van der Waals surface area contributed by atoms with Gasteiger partial charge >= 0.3 is 0 Å². The van der Waals surface area contributed by atoms with Crippen molar-refractivity contribution in [1.29, 1.82) is 0 Å². The highest BCUT2D eigenvalue weighted by molar-refractivity contribution is 9.10. The number of benzene rings is 2. The number of nitrogens with one attached hydrogen (secondary N) is 2. The highest BCUT2D eigenvalue weighted by atomic mass is 79.9. The maximum atomic E-state index is 13.5. The van der Waals surface area contributed by atoms with Gasteiger partial charge in [0.15, 0.2) is 0 Å². The van der Waals surface area contributed by atoms with Crippen molar-refractivity contribution in [2.75, 3.05) is 17.7 Å². The molecule has 0 saturated carbocycles. The summed E-state index contributed by atoms with van der Waals surface area (Å²) in [5.74, 6) is -2.02. The van der Waals surface area contributed by atoms with Gasteiger partial charge in [0.2, 0.25) is 0 Å². The Hall–Kier alpha value is -1.95. The maximum Gasteiger partial charge on any atom is 0.255 e. The van der Waals surface area contributed by atoms with Crippen LogP contribution in [0.25, 0.3) is 0 Å². The molecule has 1 amide bonds. The predicted octanol–water partition coefficient (Wildman–Crippen LogP) is 4.02. The SMILES string of the molecule is CNc1ccc(C(=O)Nc2cc(Br)c(F)cc2F)cc1. The van der Waals surface area contributed by atoms with Gasteiger partial charge in [0.1, 0.15) is 11.6 Å². The van der Waals surface area contributed by atoms with E-state index in [2.05, 4.69) is 26.6 Å². The first-order valence-electron chi connectivity index (χ1n) is 5.75. The maximum absolute atomic E-state index is 13.5. The van der Waals surface area contributed by atoms with E-state index < -0.39 is 17.5 Å². The number of hydrogen-bond acceptors (Lipinski definition) is 2. The third kappa shape index (κ3) is 3.14. The summed E-state index contributed by atoms with van der Waals surface area (Å²) in [7, 11) is 1.76. The van der Waals surface area contributed by atoms with E-state index in [-0.39, 0.29) is 10.2 Å². The van der Waals surface area contributed by atoms with Gasteiger partial charge in [-0.15, -0.1) is 0 Å². The van der Waals surface area contributed by atoms with Crippen molar-refractivity contribution in [3.63, 3.8) is 0 Å². The summed E-state index contributed by atoms with van der Waals surface area (Å²) < 4.78 is 26.7. The molecule has 2 aromatic rings. The molecule has 20 heavy (non-hydrogen) atoms. The normalized spacial score (nSPS) is 10.2. The van der Waals surface area contributed by atoms with Gasteiger partial charge in [-0.3, -0.25) is 4.79 Å². The molecule has 0 heterocycles. The molecule has 0 bridgehead atoms.